The van der Waals surface area contributed by atoms with Crippen LogP contribution in [0.25, 0.3) is 0 Å². The summed E-state index contributed by atoms with van der Waals surface area (Å²) in [4.78, 5) is 34.9. The average Bonchev–Trinajstić information content (AvgIpc) is 3.17. The minimum Gasteiger partial charge on any atom is -0.462 e. The van der Waals surface area contributed by atoms with E-state index in [2.05, 4.69) is 103 Å². The van der Waals surface area contributed by atoms with Crippen molar-refractivity contribution in [3.05, 3.63) is 97.2 Å². The molecule has 0 rings (SSSR count). The van der Waals surface area contributed by atoms with E-state index in [9.17, 15) is 24.2 Å². The number of allylic oxidation sites excluding steroid dienone is 16. The Morgan fingerprint density at radius 3 is 1.49 bits per heavy atom. The Morgan fingerprint density at radius 2 is 1.00 bits per heavy atom. The lowest BCUT2D eigenvalue weighted by atomic mass is 10.1. The van der Waals surface area contributed by atoms with E-state index in [4.69, 9.17) is 19.1 Å². The monoisotopic (exact) mass is 790 g/mol. The normalized spacial score (nSPS) is 14.9. The van der Waals surface area contributed by atoms with Crippen LogP contribution >= 0.6 is 7.82 Å². The molecule has 0 aromatic carbocycles. The predicted octanol–water partition coefficient (Wildman–Crippen LogP) is 10.4. The second-order valence-corrected chi connectivity index (χ2v) is 14.4. The molecule has 0 fully saturated rings. The van der Waals surface area contributed by atoms with E-state index < -0.39 is 51.8 Å². The lowest BCUT2D eigenvalue weighted by Crippen LogP contribution is -2.29. The van der Waals surface area contributed by atoms with Gasteiger partial charge in [-0.1, -0.05) is 124 Å². The number of carbonyl (C=O) groups is 2. The highest BCUT2D eigenvalue weighted by Crippen LogP contribution is 2.43. The molecule has 0 amide bonds. The third kappa shape index (κ3) is 38.9. The molecule has 1 unspecified atom stereocenters. The van der Waals surface area contributed by atoms with Gasteiger partial charge in [0.05, 0.1) is 19.8 Å². The molecule has 0 radical (unpaired) electrons. The highest BCUT2D eigenvalue weighted by Gasteiger charge is 2.27. The van der Waals surface area contributed by atoms with Crippen molar-refractivity contribution in [1.82, 2.24) is 0 Å². The van der Waals surface area contributed by atoms with E-state index in [1.165, 1.54) is 19.3 Å². The highest BCUT2D eigenvalue weighted by molar-refractivity contribution is 7.47. The first-order chi connectivity index (χ1) is 26.7. The van der Waals surface area contributed by atoms with Gasteiger partial charge in [0.25, 0.3) is 0 Å². The third-order valence-electron chi connectivity index (χ3n) is 7.72. The Balaban J connectivity index is 4.53. The summed E-state index contributed by atoms with van der Waals surface area (Å²) in [6.45, 7) is 2.09. The number of ether oxygens (including phenoxy) is 2. The van der Waals surface area contributed by atoms with Gasteiger partial charge in [0, 0.05) is 12.8 Å². The number of unbranched alkanes of at least 4 members (excludes halogenated alkanes) is 6. The van der Waals surface area contributed by atoms with Gasteiger partial charge in [-0.05, 0) is 89.9 Å². The molecule has 0 aliphatic heterocycles. The van der Waals surface area contributed by atoms with Gasteiger partial charge >= 0.3 is 19.8 Å². The van der Waals surface area contributed by atoms with E-state index in [-0.39, 0.29) is 19.4 Å². The summed E-state index contributed by atoms with van der Waals surface area (Å²) in [5.74, 6) is -1.05. The fourth-order valence-corrected chi connectivity index (χ4v) is 5.41. The summed E-state index contributed by atoms with van der Waals surface area (Å²) < 4.78 is 32.5. The first kappa shape index (κ1) is 51.9. The molecule has 10 nitrogen and oxygen atoms in total. The second kappa shape index (κ2) is 39.1. The Morgan fingerprint density at radius 1 is 0.564 bits per heavy atom. The SMILES string of the molecule is CC/C=C\C/C=C\C/C=C\C/C=C\C/C=C\CCCC(=O)OC[C@H](COP(=O)(O)OC[C@@H](O)CO)OC(=O)CCCC/C=C\C/C=C\C/C=C\CCCCC. The third-order valence-corrected chi connectivity index (χ3v) is 8.67. The number of carbonyl (C=O) groups excluding carboxylic acids is 2. The molecule has 11 heteroatoms. The standard InChI is InChI=1S/C44H71O10P/c1-3-5-7-9-11-13-15-17-19-20-22-23-25-27-29-31-33-35-43(47)51-39-42(40-53-55(49,50)52-38-41(46)37-45)54-44(48)36-34-32-30-28-26-24-21-18-16-14-12-10-8-6-4-2/h5,7,11-14,17-19,21-23,26-29,41-42,45-46H,3-4,6,8-10,15-16,20,24-25,30-40H2,1-2H3,(H,49,50)/b7-5-,13-11-,14-12-,19-17-,21-18-,23-22-,28-26-,29-27-/t41-,42+/m0/s1. The van der Waals surface area contributed by atoms with Crippen LogP contribution in [-0.4, -0.2) is 65.7 Å². The van der Waals surface area contributed by atoms with Crippen molar-refractivity contribution < 1.29 is 47.8 Å². The molecule has 0 aromatic rings. The molecule has 312 valence electrons. The molecule has 55 heavy (non-hydrogen) atoms. The molecule has 0 saturated heterocycles. The van der Waals surface area contributed by atoms with Crippen molar-refractivity contribution in [2.75, 3.05) is 26.4 Å². The van der Waals surface area contributed by atoms with Crippen LogP contribution in [-0.2, 0) is 32.7 Å². The zero-order valence-corrected chi connectivity index (χ0v) is 34.5. The van der Waals surface area contributed by atoms with Crippen LogP contribution in [0.3, 0.4) is 0 Å². The van der Waals surface area contributed by atoms with Crippen molar-refractivity contribution in [2.24, 2.45) is 0 Å². The van der Waals surface area contributed by atoms with Gasteiger partial charge in [-0.15, -0.1) is 0 Å². The zero-order valence-electron chi connectivity index (χ0n) is 33.6. The van der Waals surface area contributed by atoms with E-state index in [1.807, 2.05) is 12.2 Å². The van der Waals surface area contributed by atoms with E-state index in [0.29, 0.717) is 19.3 Å². The van der Waals surface area contributed by atoms with Crippen LogP contribution < -0.4 is 0 Å². The first-order valence-corrected chi connectivity index (χ1v) is 21.7. The zero-order chi connectivity index (χ0) is 40.5. The number of aliphatic hydroxyl groups is 2. The molecular formula is C44H71O10P. The van der Waals surface area contributed by atoms with Gasteiger partial charge in [0.2, 0.25) is 0 Å². The Hall–Kier alpha value is -3.11. The van der Waals surface area contributed by atoms with Gasteiger partial charge in [-0.2, -0.15) is 0 Å². The number of esters is 2. The lowest BCUT2D eigenvalue weighted by Gasteiger charge is -2.20. The van der Waals surface area contributed by atoms with Gasteiger partial charge < -0.3 is 24.6 Å². The molecule has 3 N–H and O–H groups in total. The van der Waals surface area contributed by atoms with Crippen molar-refractivity contribution in [2.45, 2.75) is 142 Å². The molecule has 0 aliphatic rings. The lowest BCUT2D eigenvalue weighted by molar-refractivity contribution is -0.161. The number of aliphatic hydroxyl groups excluding tert-OH is 2. The molecular weight excluding hydrogens is 719 g/mol. The Kier molecular flexibility index (Phi) is 36.9. The number of hydrogen-bond donors (Lipinski definition) is 3. The van der Waals surface area contributed by atoms with Crippen molar-refractivity contribution in [3.63, 3.8) is 0 Å². The maximum Gasteiger partial charge on any atom is 0.472 e. The second-order valence-electron chi connectivity index (χ2n) is 12.9. The van der Waals surface area contributed by atoms with Gasteiger partial charge in [0.15, 0.2) is 6.10 Å². The van der Waals surface area contributed by atoms with Gasteiger partial charge in [-0.3, -0.25) is 18.6 Å². The smallest absolute Gasteiger partial charge is 0.462 e. The van der Waals surface area contributed by atoms with E-state index in [0.717, 1.165) is 64.2 Å². The molecule has 0 bridgehead atoms. The molecule has 0 saturated carbocycles. The first-order valence-electron chi connectivity index (χ1n) is 20.2. The Labute approximate surface area is 332 Å². The minimum atomic E-state index is -4.64. The average molecular weight is 791 g/mol. The summed E-state index contributed by atoms with van der Waals surface area (Å²) in [5.41, 5.74) is 0. The van der Waals surface area contributed by atoms with Crippen LogP contribution in [0.15, 0.2) is 97.2 Å². The summed E-state index contributed by atoms with van der Waals surface area (Å²) in [7, 11) is -4.64. The van der Waals surface area contributed by atoms with Crippen LogP contribution in [0, 0.1) is 0 Å². The fraction of sp³-hybridized carbons (Fsp3) is 0.591. The van der Waals surface area contributed by atoms with Crippen molar-refractivity contribution in [1.29, 1.82) is 0 Å². The molecule has 0 aromatic heterocycles. The predicted molar refractivity (Wildman–Crippen MR) is 223 cm³/mol. The number of phosphoric acid groups is 1. The maximum atomic E-state index is 12.6. The topological polar surface area (TPSA) is 149 Å². The summed E-state index contributed by atoms with van der Waals surface area (Å²) in [5, 5.41) is 18.3. The highest BCUT2D eigenvalue weighted by atomic mass is 31.2. The van der Waals surface area contributed by atoms with Crippen LogP contribution in [0.1, 0.15) is 129 Å². The number of phosphoric ester groups is 1. The molecule has 0 spiro atoms. The summed E-state index contributed by atoms with van der Waals surface area (Å²) in [6, 6.07) is 0. The fourth-order valence-electron chi connectivity index (χ4n) is 4.62. The van der Waals surface area contributed by atoms with Crippen LogP contribution in [0.5, 0.6) is 0 Å². The summed E-state index contributed by atoms with van der Waals surface area (Å²) in [6.07, 6.45) is 46.7. The number of rotatable bonds is 36. The molecule has 3 atom stereocenters. The van der Waals surface area contributed by atoms with E-state index in [1.54, 1.807) is 0 Å². The summed E-state index contributed by atoms with van der Waals surface area (Å²) >= 11 is 0. The molecule has 0 heterocycles. The quantitative estimate of drug-likeness (QED) is 0.0242. The number of hydrogen-bond acceptors (Lipinski definition) is 9. The molecule has 0 aliphatic carbocycles. The van der Waals surface area contributed by atoms with Crippen molar-refractivity contribution >= 4 is 19.8 Å². The van der Waals surface area contributed by atoms with Crippen molar-refractivity contribution in [3.8, 4) is 0 Å². The minimum absolute atomic E-state index is 0.117. The maximum absolute atomic E-state index is 12.6. The van der Waals surface area contributed by atoms with Crippen LogP contribution in [0.2, 0.25) is 0 Å². The largest absolute Gasteiger partial charge is 0.472 e. The Bertz CT molecular complexity index is 1230. The van der Waals surface area contributed by atoms with Crippen LogP contribution in [0.4, 0.5) is 0 Å². The van der Waals surface area contributed by atoms with Gasteiger partial charge in [0.1, 0.15) is 12.7 Å². The van der Waals surface area contributed by atoms with Gasteiger partial charge in [-0.25, -0.2) is 4.57 Å². The van der Waals surface area contributed by atoms with E-state index >= 15 is 0 Å².